The maximum Gasteiger partial charge on any atom is 0.295 e. The highest BCUT2D eigenvalue weighted by Crippen LogP contribution is 2.36. The zero-order chi connectivity index (χ0) is 14.0. The number of ether oxygens (including phenoxy) is 1. The Morgan fingerprint density at radius 1 is 1.39 bits per heavy atom. The summed E-state index contributed by atoms with van der Waals surface area (Å²) in [6, 6.07) is 0. The first-order chi connectivity index (χ1) is 8.19. The van der Waals surface area contributed by atoms with Gasteiger partial charge in [0.25, 0.3) is 6.47 Å². The van der Waals surface area contributed by atoms with Gasteiger partial charge in [-0.2, -0.15) is 0 Å². The van der Waals surface area contributed by atoms with Crippen molar-refractivity contribution in [2.75, 3.05) is 6.61 Å². The van der Waals surface area contributed by atoms with Crippen LogP contribution >= 0.6 is 0 Å². The standard InChI is InChI=1S/C12H23NO4Si/c1-12(2,3)18(4,5)17-7-6-9-10(15)13-11(9)16-8-14/h8-9,11H,6-7H2,1-5H3,(H,13,15)/t9-,11+/m0/s1. The molecular formula is C12H23NO4Si. The van der Waals surface area contributed by atoms with Gasteiger partial charge in [-0.25, -0.2) is 0 Å². The topological polar surface area (TPSA) is 64.6 Å². The fourth-order valence-electron chi connectivity index (χ4n) is 1.52. The summed E-state index contributed by atoms with van der Waals surface area (Å²) in [4.78, 5) is 21.5. The summed E-state index contributed by atoms with van der Waals surface area (Å²) in [5.74, 6) is -0.333. The van der Waals surface area contributed by atoms with Crippen molar-refractivity contribution in [3.63, 3.8) is 0 Å². The van der Waals surface area contributed by atoms with Crippen LogP contribution in [0.25, 0.3) is 0 Å². The maximum atomic E-state index is 11.3. The molecular weight excluding hydrogens is 250 g/mol. The Morgan fingerprint density at radius 3 is 2.44 bits per heavy atom. The lowest BCUT2D eigenvalue weighted by atomic mass is 9.96. The van der Waals surface area contributed by atoms with E-state index < -0.39 is 14.5 Å². The van der Waals surface area contributed by atoms with Crippen molar-refractivity contribution in [2.45, 2.75) is 51.6 Å². The fraction of sp³-hybridized carbons (Fsp3) is 0.833. The van der Waals surface area contributed by atoms with E-state index in [1.807, 2.05) is 0 Å². The van der Waals surface area contributed by atoms with Crippen LogP contribution < -0.4 is 5.32 Å². The van der Waals surface area contributed by atoms with Crippen LogP contribution in [0.2, 0.25) is 18.1 Å². The highest BCUT2D eigenvalue weighted by atomic mass is 28.4. The lowest BCUT2D eigenvalue weighted by molar-refractivity contribution is -0.160. The lowest BCUT2D eigenvalue weighted by Gasteiger charge is -2.38. The van der Waals surface area contributed by atoms with Gasteiger partial charge in [0.2, 0.25) is 5.91 Å². The molecule has 1 N–H and O–H groups in total. The van der Waals surface area contributed by atoms with E-state index in [1.54, 1.807) is 0 Å². The molecule has 5 nitrogen and oxygen atoms in total. The van der Waals surface area contributed by atoms with Crippen LogP contribution in [0.3, 0.4) is 0 Å². The molecule has 0 unspecified atom stereocenters. The predicted molar refractivity (Wildman–Crippen MR) is 70.3 cm³/mol. The van der Waals surface area contributed by atoms with E-state index in [0.717, 1.165) is 0 Å². The monoisotopic (exact) mass is 273 g/mol. The minimum absolute atomic E-state index is 0.0688. The molecule has 0 saturated carbocycles. The summed E-state index contributed by atoms with van der Waals surface area (Å²) in [6.45, 7) is 11.8. The van der Waals surface area contributed by atoms with Crippen molar-refractivity contribution < 1.29 is 18.8 Å². The molecule has 6 heteroatoms. The minimum atomic E-state index is -1.76. The number of nitrogens with one attached hydrogen (secondary N) is 1. The van der Waals surface area contributed by atoms with E-state index in [0.29, 0.717) is 19.5 Å². The molecule has 0 spiro atoms. The van der Waals surface area contributed by atoms with E-state index in [4.69, 9.17) is 9.16 Å². The van der Waals surface area contributed by atoms with Crippen LogP contribution in [0.15, 0.2) is 0 Å². The number of hydrogen-bond donors (Lipinski definition) is 1. The summed E-state index contributed by atoms with van der Waals surface area (Å²) in [5.41, 5.74) is 0. The Balaban J connectivity index is 2.38. The number of carbonyl (C=O) groups excluding carboxylic acids is 2. The van der Waals surface area contributed by atoms with Crippen LogP contribution in [-0.4, -0.2) is 33.5 Å². The first-order valence-electron chi connectivity index (χ1n) is 6.22. The molecule has 0 aromatic rings. The first kappa shape index (κ1) is 15.2. The Morgan fingerprint density at radius 2 is 2.00 bits per heavy atom. The van der Waals surface area contributed by atoms with Gasteiger partial charge in [-0.1, -0.05) is 20.8 Å². The minimum Gasteiger partial charge on any atom is -0.443 e. The van der Waals surface area contributed by atoms with E-state index in [2.05, 4.69) is 39.2 Å². The third-order valence-corrected chi connectivity index (χ3v) is 8.43. The zero-order valence-electron chi connectivity index (χ0n) is 11.8. The van der Waals surface area contributed by atoms with E-state index in [1.165, 1.54) is 0 Å². The van der Waals surface area contributed by atoms with Gasteiger partial charge in [-0.3, -0.25) is 9.59 Å². The second-order valence-electron chi connectivity index (χ2n) is 6.17. The number of hydrogen-bond acceptors (Lipinski definition) is 4. The molecule has 1 aliphatic rings. The third kappa shape index (κ3) is 3.32. The molecule has 1 fully saturated rings. The summed E-state index contributed by atoms with van der Waals surface area (Å²) in [6.07, 6.45) is 0.120. The van der Waals surface area contributed by atoms with Crippen molar-refractivity contribution >= 4 is 20.7 Å². The average molecular weight is 273 g/mol. The van der Waals surface area contributed by atoms with E-state index >= 15 is 0 Å². The maximum absolute atomic E-state index is 11.3. The van der Waals surface area contributed by atoms with Crippen molar-refractivity contribution in [2.24, 2.45) is 5.92 Å². The smallest absolute Gasteiger partial charge is 0.295 e. The quantitative estimate of drug-likeness (QED) is 0.454. The number of β-lactam (4-membered cyclic amide) rings is 1. The number of carbonyl (C=O) groups is 2. The molecule has 0 aliphatic carbocycles. The first-order valence-corrected chi connectivity index (χ1v) is 9.13. The Kier molecular flexibility index (Phi) is 4.55. The molecule has 1 saturated heterocycles. The molecule has 0 radical (unpaired) electrons. The third-order valence-electron chi connectivity index (χ3n) is 3.89. The zero-order valence-corrected chi connectivity index (χ0v) is 12.8. The van der Waals surface area contributed by atoms with Crippen LogP contribution in [0.5, 0.6) is 0 Å². The molecule has 1 rings (SSSR count). The Labute approximate surface area is 109 Å². The SMILES string of the molecule is CC(C)(C)[Si](C)(C)OCC[C@H]1C(=O)N[C@@H]1OC=O. The molecule has 1 aliphatic heterocycles. The molecule has 2 atom stereocenters. The molecule has 1 amide bonds. The molecule has 0 aromatic carbocycles. The lowest BCUT2D eigenvalue weighted by Crippen LogP contribution is -2.59. The van der Waals surface area contributed by atoms with Crippen LogP contribution in [0.1, 0.15) is 27.2 Å². The van der Waals surface area contributed by atoms with Gasteiger partial charge >= 0.3 is 0 Å². The molecule has 104 valence electrons. The second kappa shape index (κ2) is 5.40. The van der Waals surface area contributed by atoms with Gasteiger partial charge in [0.05, 0.1) is 5.92 Å². The summed E-state index contributed by atoms with van der Waals surface area (Å²) in [5, 5.41) is 2.70. The predicted octanol–water partition coefficient (Wildman–Crippen LogP) is 1.64. The molecule has 18 heavy (non-hydrogen) atoms. The summed E-state index contributed by atoms with van der Waals surface area (Å²) < 4.78 is 10.7. The Hall–Kier alpha value is -0.883. The number of amides is 1. The van der Waals surface area contributed by atoms with Gasteiger partial charge in [0.1, 0.15) is 0 Å². The fourth-order valence-corrected chi connectivity index (χ4v) is 2.58. The highest BCUT2D eigenvalue weighted by Gasteiger charge is 2.42. The van der Waals surface area contributed by atoms with E-state index in [9.17, 15) is 9.59 Å². The van der Waals surface area contributed by atoms with Gasteiger partial charge in [0.15, 0.2) is 14.5 Å². The largest absolute Gasteiger partial charge is 0.443 e. The van der Waals surface area contributed by atoms with Crippen LogP contribution in [-0.2, 0) is 18.8 Å². The van der Waals surface area contributed by atoms with Gasteiger partial charge < -0.3 is 14.5 Å². The molecule has 1 heterocycles. The van der Waals surface area contributed by atoms with Gasteiger partial charge in [-0.05, 0) is 24.6 Å². The van der Waals surface area contributed by atoms with Crippen LogP contribution in [0, 0.1) is 5.92 Å². The molecule has 0 aromatic heterocycles. The van der Waals surface area contributed by atoms with Crippen LogP contribution in [0.4, 0.5) is 0 Å². The second-order valence-corrected chi connectivity index (χ2v) is 11.0. The van der Waals surface area contributed by atoms with E-state index in [-0.39, 0.29) is 16.9 Å². The van der Waals surface area contributed by atoms with Crippen molar-refractivity contribution in [3.8, 4) is 0 Å². The highest BCUT2D eigenvalue weighted by molar-refractivity contribution is 6.74. The average Bonchev–Trinajstić information content (AvgIpc) is 2.22. The summed E-state index contributed by atoms with van der Waals surface area (Å²) >= 11 is 0. The van der Waals surface area contributed by atoms with Gasteiger partial charge in [0, 0.05) is 6.61 Å². The molecule has 0 bridgehead atoms. The van der Waals surface area contributed by atoms with Crippen molar-refractivity contribution in [1.82, 2.24) is 5.32 Å². The van der Waals surface area contributed by atoms with Crippen molar-refractivity contribution in [1.29, 1.82) is 0 Å². The number of rotatable bonds is 6. The summed E-state index contributed by atoms with van der Waals surface area (Å²) in [7, 11) is -1.76. The normalized spacial score (nSPS) is 24.2. The van der Waals surface area contributed by atoms with Crippen molar-refractivity contribution in [3.05, 3.63) is 0 Å². The Bertz CT molecular complexity index is 323. The van der Waals surface area contributed by atoms with Gasteiger partial charge in [-0.15, -0.1) is 0 Å².